The molecule has 0 atom stereocenters. The van der Waals surface area contributed by atoms with Crippen LogP contribution in [0, 0.1) is 6.92 Å². The van der Waals surface area contributed by atoms with Crippen LogP contribution in [0.15, 0.2) is 39.4 Å². The number of aromatic nitrogens is 3. The first-order valence-corrected chi connectivity index (χ1v) is 8.82. The molecule has 0 spiro atoms. The van der Waals surface area contributed by atoms with Crippen molar-refractivity contribution in [3.63, 3.8) is 0 Å². The standard InChI is InChI=1S/C20H23N3O4/c1-13-5-7-14(8-6-13)15-11-21-16(26-15)9-10-18(24)25-12-17-22-19(23-27-17)20(2,3)4/h5-8,11H,9-10,12H2,1-4H3. The molecule has 0 amide bonds. The van der Waals surface area contributed by atoms with Crippen molar-refractivity contribution in [3.05, 3.63) is 53.6 Å². The lowest BCUT2D eigenvalue weighted by molar-refractivity contribution is -0.145. The van der Waals surface area contributed by atoms with Crippen LogP contribution >= 0.6 is 0 Å². The second kappa shape index (κ2) is 7.73. The number of carbonyl (C=O) groups is 1. The van der Waals surface area contributed by atoms with Gasteiger partial charge < -0.3 is 13.7 Å². The summed E-state index contributed by atoms with van der Waals surface area (Å²) in [4.78, 5) is 20.4. The summed E-state index contributed by atoms with van der Waals surface area (Å²) >= 11 is 0. The van der Waals surface area contributed by atoms with E-state index in [1.165, 1.54) is 5.56 Å². The van der Waals surface area contributed by atoms with Crippen LogP contribution in [0.1, 0.15) is 50.4 Å². The number of hydrogen-bond acceptors (Lipinski definition) is 7. The highest BCUT2D eigenvalue weighted by Gasteiger charge is 2.21. The Bertz CT molecular complexity index is 904. The average Bonchev–Trinajstić information content (AvgIpc) is 3.28. The molecule has 0 radical (unpaired) electrons. The van der Waals surface area contributed by atoms with E-state index < -0.39 is 0 Å². The summed E-state index contributed by atoms with van der Waals surface area (Å²) in [5, 5.41) is 3.89. The molecule has 0 aliphatic carbocycles. The van der Waals surface area contributed by atoms with Gasteiger partial charge in [-0.1, -0.05) is 55.8 Å². The van der Waals surface area contributed by atoms with Gasteiger partial charge in [0.25, 0.3) is 5.89 Å². The number of rotatable bonds is 6. The van der Waals surface area contributed by atoms with Crippen molar-refractivity contribution < 1.29 is 18.5 Å². The monoisotopic (exact) mass is 369 g/mol. The van der Waals surface area contributed by atoms with Crippen LogP contribution in [0.3, 0.4) is 0 Å². The predicted molar refractivity (Wildman–Crippen MR) is 97.8 cm³/mol. The molecule has 142 valence electrons. The maximum atomic E-state index is 11.9. The molecule has 0 N–H and O–H groups in total. The summed E-state index contributed by atoms with van der Waals surface area (Å²) in [7, 11) is 0. The Kier molecular flexibility index (Phi) is 5.39. The van der Waals surface area contributed by atoms with E-state index in [0.717, 1.165) is 5.56 Å². The molecule has 0 bridgehead atoms. The zero-order valence-corrected chi connectivity index (χ0v) is 16.0. The maximum Gasteiger partial charge on any atom is 0.306 e. The lowest BCUT2D eigenvalue weighted by Gasteiger charge is -2.10. The van der Waals surface area contributed by atoms with E-state index in [4.69, 9.17) is 13.7 Å². The Hall–Kier alpha value is -2.96. The highest BCUT2D eigenvalue weighted by Crippen LogP contribution is 2.21. The van der Waals surface area contributed by atoms with E-state index in [9.17, 15) is 4.79 Å². The van der Waals surface area contributed by atoms with E-state index in [1.54, 1.807) is 6.20 Å². The Morgan fingerprint density at radius 1 is 1.15 bits per heavy atom. The lowest BCUT2D eigenvalue weighted by atomic mass is 9.96. The zero-order chi connectivity index (χ0) is 19.4. The van der Waals surface area contributed by atoms with Crippen LogP contribution in [0.25, 0.3) is 11.3 Å². The SMILES string of the molecule is Cc1ccc(-c2cnc(CCC(=O)OCc3nc(C(C)(C)C)no3)o2)cc1. The van der Waals surface area contributed by atoms with Gasteiger partial charge in [0.05, 0.1) is 12.6 Å². The molecular weight excluding hydrogens is 346 g/mol. The number of aryl methyl sites for hydroxylation is 2. The number of hydrogen-bond donors (Lipinski definition) is 0. The van der Waals surface area contributed by atoms with Gasteiger partial charge in [-0.3, -0.25) is 4.79 Å². The molecule has 0 saturated heterocycles. The quantitative estimate of drug-likeness (QED) is 0.606. The molecule has 0 unspecified atom stereocenters. The fraction of sp³-hybridized carbons (Fsp3) is 0.400. The van der Waals surface area contributed by atoms with Gasteiger partial charge in [0.2, 0.25) is 0 Å². The number of oxazole rings is 1. The third-order valence-electron chi connectivity index (χ3n) is 3.93. The second-order valence-electron chi connectivity index (χ2n) is 7.41. The van der Waals surface area contributed by atoms with Crippen molar-refractivity contribution in [2.24, 2.45) is 0 Å². The minimum absolute atomic E-state index is 0.0396. The molecule has 7 heteroatoms. The molecule has 3 aromatic rings. The smallest absolute Gasteiger partial charge is 0.306 e. The molecule has 3 rings (SSSR count). The Balaban J connectivity index is 1.48. The molecule has 2 aromatic heterocycles. The van der Waals surface area contributed by atoms with Crippen LogP contribution in [-0.2, 0) is 28.0 Å². The minimum Gasteiger partial charge on any atom is -0.456 e. The van der Waals surface area contributed by atoms with E-state index in [2.05, 4.69) is 15.1 Å². The first kappa shape index (κ1) is 18.8. The number of nitrogens with zero attached hydrogens (tertiary/aromatic N) is 3. The first-order valence-electron chi connectivity index (χ1n) is 8.82. The number of esters is 1. The first-order chi connectivity index (χ1) is 12.8. The Labute approximate surface area is 157 Å². The number of carbonyl (C=O) groups excluding carboxylic acids is 1. The summed E-state index contributed by atoms with van der Waals surface area (Å²) in [6, 6.07) is 7.98. The van der Waals surface area contributed by atoms with Gasteiger partial charge in [0.15, 0.2) is 24.1 Å². The summed E-state index contributed by atoms with van der Waals surface area (Å²) in [6.45, 7) is 7.93. The van der Waals surface area contributed by atoms with E-state index in [-0.39, 0.29) is 30.3 Å². The van der Waals surface area contributed by atoms with Gasteiger partial charge in [-0.2, -0.15) is 4.98 Å². The molecule has 1 aromatic carbocycles. The largest absolute Gasteiger partial charge is 0.456 e. The third kappa shape index (κ3) is 5.03. The normalized spacial score (nSPS) is 11.6. The Morgan fingerprint density at radius 3 is 2.56 bits per heavy atom. The molecule has 0 aliphatic rings. The molecule has 7 nitrogen and oxygen atoms in total. The topological polar surface area (TPSA) is 91.2 Å². The molecule has 2 heterocycles. The lowest BCUT2D eigenvalue weighted by Crippen LogP contribution is -2.13. The number of ether oxygens (including phenoxy) is 1. The van der Waals surface area contributed by atoms with Crippen LogP contribution in [0.5, 0.6) is 0 Å². The van der Waals surface area contributed by atoms with Gasteiger partial charge in [0, 0.05) is 17.4 Å². The predicted octanol–water partition coefficient (Wildman–Crippen LogP) is 4.01. The Morgan fingerprint density at radius 2 is 1.89 bits per heavy atom. The van der Waals surface area contributed by atoms with Gasteiger partial charge in [0.1, 0.15) is 0 Å². The molecule has 0 fully saturated rings. The average molecular weight is 369 g/mol. The zero-order valence-electron chi connectivity index (χ0n) is 16.0. The fourth-order valence-electron chi connectivity index (χ4n) is 2.32. The minimum atomic E-state index is -0.374. The van der Waals surface area contributed by atoms with Gasteiger partial charge in [-0.05, 0) is 6.92 Å². The third-order valence-corrected chi connectivity index (χ3v) is 3.93. The van der Waals surface area contributed by atoms with Crippen LogP contribution in [0.4, 0.5) is 0 Å². The van der Waals surface area contributed by atoms with Gasteiger partial charge >= 0.3 is 5.97 Å². The maximum absolute atomic E-state index is 11.9. The van der Waals surface area contributed by atoms with E-state index >= 15 is 0 Å². The summed E-state index contributed by atoms with van der Waals surface area (Å²) in [5.41, 5.74) is 1.91. The highest BCUT2D eigenvalue weighted by molar-refractivity contribution is 5.69. The fourth-order valence-corrected chi connectivity index (χ4v) is 2.32. The van der Waals surface area contributed by atoms with Crippen molar-refractivity contribution in [3.8, 4) is 11.3 Å². The van der Waals surface area contributed by atoms with Crippen molar-refractivity contribution in [1.29, 1.82) is 0 Å². The second-order valence-corrected chi connectivity index (χ2v) is 7.41. The summed E-state index contributed by atoms with van der Waals surface area (Å²) < 4.78 is 16.0. The van der Waals surface area contributed by atoms with Crippen molar-refractivity contribution >= 4 is 5.97 Å². The van der Waals surface area contributed by atoms with Crippen LogP contribution in [-0.4, -0.2) is 21.1 Å². The number of benzene rings is 1. The van der Waals surface area contributed by atoms with E-state index in [1.807, 2.05) is 52.0 Å². The molecule has 0 saturated carbocycles. The van der Waals surface area contributed by atoms with Gasteiger partial charge in [-0.15, -0.1) is 0 Å². The summed E-state index contributed by atoms with van der Waals surface area (Å²) in [5.74, 6) is 1.66. The van der Waals surface area contributed by atoms with Crippen LogP contribution in [0.2, 0.25) is 0 Å². The highest BCUT2D eigenvalue weighted by atomic mass is 16.6. The van der Waals surface area contributed by atoms with Gasteiger partial charge in [-0.25, -0.2) is 4.98 Å². The van der Waals surface area contributed by atoms with Crippen molar-refractivity contribution in [1.82, 2.24) is 15.1 Å². The van der Waals surface area contributed by atoms with Crippen molar-refractivity contribution in [2.45, 2.75) is 52.6 Å². The molecule has 27 heavy (non-hydrogen) atoms. The molecular formula is C20H23N3O4. The van der Waals surface area contributed by atoms with Crippen LogP contribution < -0.4 is 0 Å². The molecule has 0 aliphatic heterocycles. The summed E-state index contributed by atoms with van der Waals surface area (Å²) in [6.07, 6.45) is 2.19. The van der Waals surface area contributed by atoms with E-state index in [0.29, 0.717) is 23.9 Å². The van der Waals surface area contributed by atoms with Crippen molar-refractivity contribution in [2.75, 3.05) is 0 Å².